The van der Waals surface area contributed by atoms with Crippen molar-refractivity contribution in [3.8, 4) is 34.3 Å². The molecule has 0 amide bonds. The van der Waals surface area contributed by atoms with Crippen LogP contribution >= 0.6 is 0 Å². The molecule has 5 atom stereocenters. The van der Waals surface area contributed by atoms with Crippen LogP contribution in [0.1, 0.15) is 6.92 Å². The van der Waals surface area contributed by atoms with E-state index in [1.807, 2.05) is 0 Å². The number of aromatic hydroxyl groups is 3. The maximum absolute atomic E-state index is 12.7. The quantitative estimate of drug-likeness (QED) is 0.348. The summed E-state index contributed by atoms with van der Waals surface area (Å²) in [6.45, 7) is 1.44. The Labute approximate surface area is 174 Å². The summed E-state index contributed by atoms with van der Waals surface area (Å²) < 4.78 is 16.3. The molecule has 0 saturated carbocycles. The average Bonchev–Trinajstić information content (AvgIpc) is 2.73. The summed E-state index contributed by atoms with van der Waals surface area (Å²) in [5.74, 6) is -1.74. The molecule has 1 saturated heterocycles. The van der Waals surface area contributed by atoms with Crippen molar-refractivity contribution in [2.75, 3.05) is 0 Å². The van der Waals surface area contributed by atoms with Crippen LogP contribution in [-0.2, 0) is 4.74 Å². The second-order valence-electron chi connectivity index (χ2n) is 7.27. The van der Waals surface area contributed by atoms with Crippen LogP contribution in [0.5, 0.6) is 23.0 Å². The predicted octanol–water partition coefficient (Wildman–Crippen LogP) is 0.783. The Morgan fingerprint density at radius 2 is 1.61 bits per heavy atom. The molecule has 1 aliphatic rings. The topological polar surface area (TPSA) is 170 Å². The van der Waals surface area contributed by atoms with Crippen molar-refractivity contribution in [1.29, 1.82) is 0 Å². The fourth-order valence-electron chi connectivity index (χ4n) is 3.38. The van der Waals surface area contributed by atoms with Gasteiger partial charge < -0.3 is 44.5 Å². The van der Waals surface area contributed by atoms with Gasteiger partial charge in [-0.15, -0.1) is 0 Å². The maximum Gasteiger partial charge on any atom is 0.229 e. The summed E-state index contributed by atoms with van der Waals surface area (Å²) in [5, 5.41) is 59.8. The Morgan fingerprint density at radius 3 is 2.29 bits per heavy atom. The van der Waals surface area contributed by atoms with Crippen LogP contribution < -0.4 is 10.2 Å². The third kappa shape index (κ3) is 3.66. The van der Waals surface area contributed by atoms with Crippen LogP contribution in [-0.4, -0.2) is 61.3 Å². The van der Waals surface area contributed by atoms with Crippen molar-refractivity contribution in [2.24, 2.45) is 0 Å². The zero-order valence-electron chi connectivity index (χ0n) is 16.2. The van der Waals surface area contributed by atoms with Gasteiger partial charge in [0.2, 0.25) is 12.0 Å². The largest absolute Gasteiger partial charge is 0.508 e. The number of phenols is 3. The van der Waals surface area contributed by atoms with Gasteiger partial charge in [-0.3, -0.25) is 4.79 Å². The number of phenolic OH excluding ortho intramolecular Hbond substituents is 3. The van der Waals surface area contributed by atoms with Crippen LogP contribution in [0, 0.1) is 0 Å². The van der Waals surface area contributed by atoms with Gasteiger partial charge in [-0.2, -0.15) is 0 Å². The second kappa shape index (κ2) is 7.75. The number of hydrogen-bond acceptors (Lipinski definition) is 10. The molecular weight excluding hydrogens is 412 g/mol. The van der Waals surface area contributed by atoms with Crippen molar-refractivity contribution in [3.63, 3.8) is 0 Å². The van der Waals surface area contributed by atoms with Crippen LogP contribution in [0.4, 0.5) is 0 Å². The van der Waals surface area contributed by atoms with Gasteiger partial charge in [-0.1, -0.05) is 0 Å². The molecule has 3 aromatic rings. The number of aliphatic hydroxyl groups is 3. The first-order valence-corrected chi connectivity index (χ1v) is 9.36. The Kier molecular flexibility index (Phi) is 5.23. The van der Waals surface area contributed by atoms with E-state index in [0.717, 1.165) is 12.1 Å². The van der Waals surface area contributed by atoms with E-state index in [1.54, 1.807) is 0 Å². The van der Waals surface area contributed by atoms with Crippen LogP contribution in [0.3, 0.4) is 0 Å². The first-order chi connectivity index (χ1) is 14.7. The normalized spacial score (nSPS) is 26.1. The molecular formula is C21H20O10. The predicted molar refractivity (Wildman–Crippen MR) is 106 cm³/mol. The number of rotatable bonds is 3. The van der Waals surface area contributed by atoms with Crippen molar-refractivity contribution in [2.45, 2.75) is 37.6 Å². The lowest BCUT2D eigenvalue weighted by molar-refractivity contribution is -0.268. The summed E-state index contributed by atoms with van der Waals surface area (Å²) in [6, 6.07) is 8.06. The Balaban J connectivity index is 1.75. The Morgan fingerprint density at radius 1 is 0.935 bits per heavy atom. The molecule has 10 heteroatoms. The third-order valence-corrected chi connectivity index (χ3v) is 5.12. The molecule has 1 aromatic heterocycles. The highest BCUT2D eigenvalue weighted by Gasteiger charge is 2.43. The molecule has 2 aromatic carbocycles. The highest BCUT2D eigenvalue weighted by molar-refractivity contribution is 5.89. The summed E-state index contributed by atoms with van der Waals surface area (Å²) in [6.07, 6.45) is -7.08. The summed E-state index contributed by atoms with van der Waals surface area (Å²) >= 11 is 0. The summed E-state index contributed by atoms with van der Waals surface area (Å²) in [5.41, 5.74) is -0.288. The van der Waals surface area contributed by atoms with E-state index in [4.69, 9.17) is 13.9 Å². The summed E-state index contributed by atoms with van der Waals surface area (Å²) in [4.78, 5) is 12.7. The maximum atomic E-state index is 12.7. The van der Waals surface area contributed by atoms with Crippen molar-refractivity contribution in [3.05, 3.63) is 46.6 Å². The number of ether oxygens (including phenoxy) is 2. The zero-order valence-corrected chi connectivity index (χ0v) is 16.2. The lowest BCUT2D eigenvalue weighted by atomic mass is 10.00. The monoisotopic (exact) mass is 432 g/mol. The van der Waals surface area contributed by atoms with E-state index in [1.165, 1.54) is 31.2 Å². The molecule has 0 unspecified atom stereocenters. The van der Waals surface area contributed by atoms with Crippen molar-refractivity contribution >= 4 is 11.0 Å². The van der Waals surface area contributed by atoms with Gasteiger partial charge in [-0.25, -0.2) is 0 Å². The van der Waals surface area contributed by atoms with Crippen molar-refractivity contribution in [1.82, 2.24) is 0 Å². The van der Waals surface area contributed by atoms with Crippen LogP contribution in [0.25, 0.3) is 22.3 Å². The highest BCUT2D eigenvalue weighted by Crippen LogP contribution is 2.43. The van der Waals surface area contributed by atoms with Gasteiger partial charge in [0, 0.05) is 17.7 Å². The molecule has 0 bridgehead atoms. The smallest absolute Gasteiger partial charge is 0.229 e. The SMILES string of the molecule is C[C@@H]1O[C@H](Oc2c(O)cc3oc(-c4ccc(O)cc4)cc(=O)c3c2O)[C@@H](O)[C@H](O)[C@@H]1O. The van der Waals surface area contributed by atoms with Crippen LogP contribution in [0.15, 0.2) is 45.6 Å². The average molecular weight is 432 g/mol. The molecule has 0 aliphatic carbocycles. The third-order valence-electron chi connectivity index (χ3n) is 5.12. The van der Waals surface area contributed by atoms with E-state index in [0.29, 0.717) is 5.56 Å². The standard InChI is InChI=1S/C21H20O10/c1-8-16(25)18(27)19(28)21(29-8)31-20-12(24)7-14-15(17(20)26)11(23)6-13(30-14)9-2-4-10(22)5-3-9/h2-8,16,18-19,21-22,24-28H,1H3/t8-,16+,18+,19-,21+/m0/s1. The molecule has 2 heterocycles. The number of benzene rings is 2. The van der Waals surface area contributed by atoms with Crippen LogP contribution in [0.2, 0.25) is 0 Å². The molecule has 0 radical (unpaired) electrons. The Hall–Kier alpha value is -3.31. The molecule has 10 nitrogen and oxygen atoms in total. The van der Waals surface area contributed by atoms with Crippen molar-refractivity contribution < 1.29 is 44.5 Å². The lowest BCUT2D eigenvalue weighted by Crippen LogP contribution is -2.58. The van der Waals surface area contributed by atoms with Gasteiger partial charge in [0.25, 0.3) is 0 Å². The Bertz CT molecular complexity index is 1170. The van der Waals surface area contributed by atoms with Gasteiger partial charge >= 0.3 is 0 Å². The minimum Gasteiger partial charge on any atom is -0.508 e. The lowest BCUT2D eigenvalue weighted by Gasteiger charge is -2.38. The molecule has 4 rings (SSSR count). The molecule has 1 aliphatic heterocycles. The first-order valence-electron chi connectivity index (χ1n) is 9.36. The van der Waals surface area contributed by atoms with Gasteiger partial charge in [0.05, 0.1) is 6.10 Å². The second-order valence-corrected chi connectivity index (χ2v) is 7.27. The van der Waals surface area contributed by atoms with Gasteiger partial charge in [-0.05, 0) is 31.2 Å². The highest BCUT2D eigenvalue weighted by atomic mass is 16.7. The number of aliphatic hydroxyl groups excluding tert-OH is 3. The minimum absolute atomic E-state index is 0.0306. The zero-order chi connectivity index (χ0) is 22.4. The van der Waals surface area contributed by atoms with E-state index in [2.05, 4.69) is 0 Å². The molecule has 0 spiro atoms. The molecule has 6 N–H and O–H groups in total. The van der Waals surface area contributed by atoms with E-state index < -0.39 is 53.4 Å². The number of fused-ring (bicyclic) bond motifs is 1. The fourth-order valence-corrected chi connectivity index (χ4v) is 3.38. The number of hydrogen-bond donors (Lipinski definition) is 6. The fraction of sp³-hybridized carbons (Fsp3) is 0.286. The first kappa shape index (κ1) is 20.9. The van der Waals surface area contributed by atoms with E-state index in [9.17, 15) is 35.4 Å². The molecule has 164 valence electrons. The van der Waals surface area contributed by atoms with E-state index in [-0.39, 0.29) is 22.5 Å². The summed E-state index contributed by atoms with van der Waals surface area (Å²) in [7, 11) is 0. The van der Waals surface area contributed by atoms with E-state index >= 15 is 0 Å². The van der Waals surface area contributed by atoms with Gasteiger partial charge in [0.15, 0.2) is 16.9 Å². The molecule has 31 heavy (non-hydrogen) atoms. The van der Waals surface area contributed by atoms with Gasteiger partial charge in [0.1, 0.15) is 40.8 Å². The minimum atomic E-state index is -1.69. The molecule has 1 fully saturated rings.